The van der Waals surface area contributed by atoms with E-state index in [4.69, 9.17) is 11.6 Å². The fourth-order valence-electron chi connectivity index (χ4n) is 1.71. The number of anilines is 1. The molecule has 0 aliphatic rings. The van der Waals surface area contributed by atoms with Gasteiger partial charge in [-0.3, -0.25) is 4.79 Å². The van der Waals surface area contributed by atoms with E-state index < -0.39 is 0 Å². The Labute approximate surface area is 116 Å². The van der Waals surface area contributed by atoms with Gasteiger partial charge in [0.15, 0.2) is 11.0 Å². The Balaban J connectivity index is 2.13. The molecule has 0 fully saturated rings. The van der Waals surface area contributed by atoms with Crippen molar-refractivity contribution in [3.05, 3.63) is 29.4 Å². The maximum absolute atomic E-state index is 11.5. The lowest BCUT2D eigenvalue weighted by Gasteiger charge is -2.11. The molecule has 0 saturated carbocycles. The van der Waals surface area contributed by atoms with Gasteiger partial charge in [-0.05, 0) is 0 Å². The molecule has 0 aliphatic carbocycles. The zero-order valence-corrected chi connectivity index (χ0v) is 11.6. The molecule has 0 unspecified atom stereocenters. The van der Waals surface area contributed by atoms with Gasteiger partial charge in [0.05, 0.1) is 0 Å². The number of benzene rings is 1. The third-order valence-corrected chi connectivity index (χ3v) is 3.05. The largest absolute Gasteiger partial charge is 0.368 e. The molecule has 2 aromatic rings. The Kier molecular flexibility index (Phi) is 4.16. The predicted octanol–water partition coefficient (Wildman–Crippen LogP) is 2.17. The summed E-state index contributed by atoms with van der Waals surface area (Å²) in [4.78, 5) is 13.0. The Morgan fingerprint density at radius 2 is 1.95 bits per heavy atom. The molecule has 0 aliphatic heterocycles. The first-order valence-corrected chi connectivity index (χ1v) is 6.32. The molecule has 0 atom stereocenters. The van der Waals surface area contributed by atoms with Crippen LogP contribution in [0.5, 0.6) is 0 Å². The van der Waals surface area contributed by atoms with Crippen molar-refractivity contribution in [2.24, 2.45) is 0 Å². The van der Waals surface area contributed by atoms with Crippen molar-refractivity contribution in [2.45, 2.75) is 6.42 Å². The summed E-state index contributed by atoms with van der Waals surface area (Å²) >= 11 is 5.99. The molecule has 0 radical (unpaired) electrons. The van der Waals surface area contributed by atoms with Gasteiger partial charge in [-0.2, -0.15) is 0 Å². The summed E-state index contributed by atoms with van der Waals surface area (Å²) in [6, 6.07) is 7.63. The number of carbonyl (C=O) groups excluding carboxylic acids is 1. The van der Waals surface area contributed by atoms with E-state index in [0.29, 0.717) is 23.9 Å². The summed E-state index contributed by atoms with van der Waals surface area (Å²) in [6.07, 6.45) is 0.408. The lowest BCUT2D eigenvalue weighted by Crippen LogP contribution is -2.24. The van der Waals surface area contributed by atoms with Gasteiger partial charge < -0.3 is 10.2 Å². The lowest BCUT2D eigenvalue weighted by atomic mass is 10.2. The molecule has 0 spiro atoms. The molecular formula is C13H15ClN4O. The highest BCUT2D eigenvalue weighted by Gasteiger charge is 2.08. The maximum atomic E-state index is 11.5. The van der Waals surface area contributed by atoms with Crippen LogP contribution in [0.15, 0.2) is 24.3 Å². The zero-order chi connectivity index (χ0) is 13.8. The highest BCUT2D eigenvalue weighted by atomic mass is 35.5. The third-order valence-electron chi connectivity index (χ3n) is 2.77. The van der Waals surface area contributed by atoms with Gasteiger partial charge >= 0.3 is 0 Å². The van der Waals surface area contributed by atoms with Crippen LogP contribution >= 0.6 is 11.6 Å². The van der Waals surface area contributed by atoms with Gasteiger partial charge in [0.2, 0.25) is 5.91 Å². The Morgan fingerprint density at radius 1 is 1.26 bits per heavy atom. The third kappa shape index (κ3) is 3.12. The second-order valence-electron chi connectivity index (χ2n) is 4.35. The Morgan fingerprint density at radius 3 is 2.63 bits per heavy atom. The molecule has 19 heavy (non-hydrogen) atoms. The summed E-state index contributed by atoms with van der Waals surface area (Å²) in [5.74, 6) is 0.713. The molecule has 5 nitrogen and oxygen atoms in total. The average Bonchev–Trinajstić information content (AvgIpc) is 2.41. The Bertz CT molecular complexity index is 600. The minimum absolute atomic E-state index is 0.0683. The monoisotopic (exact) mass is 278 g/mol. The fourth-order valence-corrected chi connectivity index (χ4v) is 1.92. The summed E-state index contributed by atoms with van der Waals surface area (Å²) in [5.41, 5.74) is 0. The number of rotatable bonds is 4. The second kappa shape index (κ2) is 5.84. The zero-order valence-electron chi connectivity index (χ0n) is 10.9. The van der Waals surface area contributed by atoms with Gasteiger partial charge in [-0.25, -0.2) is 0 Å². The minimum atomic E-state index is 0.0683. The van der Waals surface area contributed by atoms with Crippen molar-refractivity contribution in [1.29, 1.82) is 0 Å². The first-order chi connectivity index (χ1) is 9.09. The first kappa shape index (κ1) is 13.5. The number of fused-ring (bicyclic) bond motifs is 1. The highest BCUT2D eigenvalue weighted by Crippen LogP contribution is 2.25. The van der Waals surface area contributed by atoms with Crippen molar-refractivity contribution in [2.75, 3.05) is 26.0 Å². The quantitative estimate of drug-likeness (QED) is 0.931. The minimum Gasteiger partial charge on any atom is -0.368 e. The molecule has 1 heterocycles. The van der Waals surface area contributed by atoms with Crippen LogP contribution in [-0.2, 0) is 4.79 Å². The van der Waals surface area contributed by atoms with Crippen molar-refractivity contribution in [1.82, 2.24) is 15.1 Å². The maximum Gasteiger partial charge on any atom is 0.223 e. The molecule has 100 valence electrons. The van der Waals surface area contributed by atoms with E-state index in [-0.39, 0.29) is 5.91 Å². The van der Waals surface area contributed by atoms with Crippen molar-refractivity contribution >= 4 is 34.1 Å². The van der Waals surface area contributed by atoms with Crippen molar-refractivity contribution in [3.8, 4) is 0 Å². The molecule has 1 amide bonds. The molecule has 1 N–H and O–H groups in total. The number of nitrogens with one attached hydrogen (secondary N) is 1. The van der Waals surface area contributed by atoms with Gasteiger partial charge in [-0.15, -0.1) is 10.2 Å². The molecule has 2 rings (SSSR count). The molecule has 6 heteroatoms. The van der Waals surface area contributed by atoms with E-state index in [9.17, 15) is 4.79 Å². The number of hydrogen-bond donors (Lipinski definition) is 1. The van der Waals surface area contributed by atoms with Crippen LogP contribution in [0.1, 0.15) is 6.42 Å². The summed E-state index contributed by atoms with van der Waals surface area (Å²) in [7, 11) is 3.47. The van der Waals surface area contributed by atoms with E-state index in [2.05, 4.69) is 15.5 Å². The number of amides is 1. The van der Waals surface area contributed by atoms with E-state index in [0.717, 1.165) is 10.8 Å². The topological polar surface area (TPSA) is 58.1 Å². The van der Waals surface area contributed by atoms with Gasteiger partial charge in [-0.1, -0.05) is 35.9 Å². The number of carbonyl (C=O) groups is 1. The predicted molar refractivity (Wildman–Crippen MR) is 76.3 cm³/mol. The second-order valence-corrected chi connectivity index (χ2v) is 4.71. The normalized spacial score (nSPS) is 10.5. The summed E-state index contributed by atoms with van der Waals surface area (Å²) in [6.45, 7) is 0.511. The van der Waals surface area contributed by atoms with Crippen LogP contribution in [0.2, 0.25) is 5.15 Å². The molecule has 1 aromatic heterocycles. The van der Waals surface area contributed by atoms with Gasteiger partial charge in [0.1, 0.15) is 0 Å². The number of aromatic nitrogens is 2. The molecule has 1 aromatic carbocycles. The Hall–Kier alpha value is -1.88. The number of halogens is 1. The standard InChI is InChI=1S/C13H15ClN4O/c1-18(2)11(19)7-8-15-13-10-6-4-3-5-9(10)12(14)16-17-13/h3-6H,7-8H2,1-2H3,(H,15,17). The van der Waals surface area contributed by atoms with E-state index in [1.807, 2.05) is 24.3 Å². The number of hydrogen-bond acceptors (Lipinski definition) is 4. The van der Waals surface area contributed by atoms with E-state index in [1.54, 1.807) is 19.0 Å². The van der Waals surface area contributed by atoms with Crippen LogP contribution < -0.4 is 5.32 Å². The summed E-state index contributed by atoms with van der Waals surface area (Å²) < 4.78 is 0. The molecule has 0 saturated heterocycles. The SMILES string of the molecule is CN(C)C(=O)CCNc1nnc(Cl)c2ccccc12. The van der Waals surface area contributed by atoms with Gasteiger partial charge in [0.25, 0.3) is 0 Å². The average molecular weight is 279 g/mol. The van der Waals surface area contributed by atoms with Crippen LogP contribution in [0.4, 0.5) is 5.82 Å². The van der Waals surface area contributed by atoms with Crippen molar-refractivity contribution < 1.29 is 4.79 Å². The van der Waals surface area contributed by atoms with E-state index >= 15 is 0 Å². The number of nitrogens with zero attached hydrogens (tertiary/aromatic N) is 3. The van der Waals surface area contributed by atoms with Crippen LogP contribution in [0.25, 0.3) is 10.8 Å². The highest BCUT2D eigenvalue weighted by molar-refractivity contribution is 6.34. The molecule has 0 bridgehead atoms. The van der Waals surface area contributed by atoms with Crippen LogP contribution in [0, 0.1) is 0 Å². The van der Waals surface area contributed by atoms with Gasteiger partial charge in [0, 0.05) is 37.8 Å². The van der Waals surface area contributed by atoms with Crippen LogP contribution in [0.3, 0.4) is 0 Å². The summed E-state index contributed by atoms with van der Waals surface area (Å²) in [5, 5.41) is 13.2. The smallest absolute Gasteiger partial charge is 0.223 e. The lowest BCUT2D eigenvalue weighted by molar-refractivity contribution is -0.128. The van der Waals surface area contributed by atoms with E-state index in [1.165, 1.54) is 0 Å². The first-order valence-electron chi connectivity index (χ1n) is 5.94. The fraction of sp³-hybridized carbons (Fsp3) is 0.308. The van der Waals surface area contributed by atoms with Crippen LogP contribution in [-0.4, -0.2) is 41.6 Å². The van der Waals surface area contributed by atoms with Crippen molar-refractivity contribution in [3.63, 3.8) is 0 Å². The molecular weight excluding hydrogens is 264 g/mol.